The molecule has 0 bridgehead atoms. The third-order valence-electron chi connectivity index (χ3n) is 6.42. The number of anilines is 1. The van der Waals surface area contributed by atoms with E-state index < -0.39 is 12.3 Å². The predicted octanol–water partition coefficient (Wildman–Crippen LogP) is 5.60. The molecule has 3 aromatic rings. The topological polar surface area (TPSA) is 117 Å². The third kappa shape index (κ3) is 6.93. The van der Waals surface area contributed by atoms with Crippen molar-refractivity contribution in [1.29, 1.82) is 0 Å². The molecule has 0 radical (unpaired) electrons. The van der Waals surface area contributed by atoms with Crippen molar-refractivity contribution < 1.29 is 29.3 Å². The highest BCUT2D eigenvalue weighted by atomic mass is 32.2. The van der Waals surface area contributed by atoms with E-state index in [1.807, 2.05) is 55.5 Å². The number of hydrogen-bond donors (Lipinski definition) is 4. The summed E-state index contributed by atoms with van der Waals surface area (Å²) in [6.07, 6.45) is -1.02. The Morgan fingerprint density at radius 1 is 0.921 bits per heavy atom. The molecular formula is C29H32N2O6S. The highest BCUT2D eigenvalue weighted by molar-refractivity contribution is 7.99. The summed E-state index contributed by atoms with van der Waals surface area (Å²) in [5, 5.41) is 24.1. The standard InChI is InChI=1S/C29H32N2O6S/c1-3-30-29(35)31-23-12-8-22(9-13-23)28-36-25(17-38-24-14-10-21(11-15-24)27(33)34)18(2)26(37-28)20-6-4-19(16-32)5-7-20/h4-15,18,25-26,28,32H,3,16-17H2,1-2H3,(H,33,34)(H2,30,31,35). The van der Waals surface area contributed by atoms with Crippen LogP contribution in [-0.4, -0.2) is 40.6 Å². The third-order valence-corrected chi connectivity index (χ3v) is 7.52. The van der Waals surface area contributed by atoms with Crippen LogP contribution >= 0.6 is 11.8 Å². The number of nitrogens with one attached hydrogen (secondary N) is 2. The fourth-order valence-corrected chi connectivity index (χ4v) is 5.31. The Labute approximate surface area is 226 Å². The van der Waals surface area contributed by atoms with Gasteiger partial charge in [0.1, 0.15) is 0 Å². The Morgan fingerprint density at radius 2 is 1.58 bits per heavy atom. The van der Waals surface area contributed by atoms with E-state index in [0.717, 1.165) is 21.6 Å². The normalized spacial score (nSPS) is 21.0. The summed E-state index contributed by atoms with van der Waals surface area (Å²) < 4.78 is 12.9. The second kappa shape index (κ2) is 12.9. The summed E-state index contributed by atoms with van der Waals surface area (Å²) in [6, 6.07) is 21.7. The van der Waals surface area contributed by atoms with Gasteiger partial charge in [0.2, 0.25) is 0 Å². The Morgan fingerprint density at radius 3 is 2.18 bits per heavy atom. The lowest BCUT2D eigenvalue weighted by Gasteiger charge is -2.41. The maximum Gasteiger partial charge on any atom is 0.335 e. The predicted molar refractivity (Wildman–Crippen MR) is 146 cm³/mol. The van der Waals surface area contributed by atoms with Gasteiger partial charge < -0.3 is 30.3 Å². The van der Waals surface area contributed by atoms with Crippen LogP contribution in [0.3, 0.4) is 0 Å². The average Bonchev–Trinajstić information content (AvgIpc) is 2.93. The van der Waals surface area contributed by atoms with Crippen LogP contribution in [0, 0.1) is 5.92 Å². The zero-order chi connectivity index (χ0) is 27.1. The molecule has 4 N–H and O–H groups in total. The van der Waals surface area contributed by atoms with Crippen LogP contribution in [0.4, 0.5) is 10.5 Å². The van der Waals surface area contributed by atoms with Crippen LogP contribution < -0.4 is 10.6 Å². The molecule has 0 aromatic heterocycles. The molecule has 1 aliphatic heterocycles. The molecule has 1 aliphatic rings. The number of hydrogen-bond acceptors (Lipinski definition) is 6. The molecule has 200 valence electrons. The monoisotopic (exact) mass is 536 g/mol. The molecule has 38 heavy (non-hydrogen) atoms. The zero-order valence-corrected chi connectivity index (χ0v) is 22.1. The smallest absolute Gasteiger partial charge is 0.335 e. The molecule has 4 rings (SSSR count). The number of thioether (sulfide) groups is 1. The number of carbonyl (C=O) groups excluding carboxylic acids is 1. The summed E-state index contributed by atoms with van der Waals surface area (Å²) >= 11 is 1.60. The Bertz CT molecular complexity index is 1220. The van der Waals surface area contributed by atoms with E-state index >= 15 is 0 Å². The van der Waals surface area contributed by atoms with Crippen molar-refractivity contribution in [3.63, 3.8) is 0 Å². The highest BCUT2D eigenvalue weighted by Crippen LogP contribution is 2.43. The lowest BCUT2D eigenvalue weighted by Crippen LogP contribution is -2.38. The number of carbonyl (C=O) groups is 2. The lowest BCUT2D eigenvalue weighted by atomic mass is 9.91. The fraction of sp³-hybridized carbons (Fsp3) is 0.310. The summed E-state index contributed by atoms with van der Waals surface area (Å²) in [4.78, 5) is 24.0. The number of benzene rings is 3. The van der Waals surface area contributed by atoms with Crippen LogP contribution in [0.15, 0.2) is 77.7 Å². The van der Waals surface area contributed by atoms with Crippen molar-refractivity contribution in [3.05, 3.63) is 95.1 Å². The van der Waals surface area contributed by atoms with E-state index in [1.165, 1.54) is 0 Å². The maximum absolute atomic E-state index is 11.8. The van der Waals surface area contributed by atoms with Gasteiger partial charge in [-0.05, 0) is 54.4 Å². The van der Waals surface area contributed by atoms with Gasteiger partial charge in [-0.1, -0.05) is 43.3 Å². The summed E-state index contributed by atoms with van der Waals surface area (Å²) in [5.74, 6) is -0.279. The van der Waals surface area contributed by atoms with E-state index in [1.54, 1.807) is 36.0 Å². The van der Waals surface area contributed by atoms with Crippen LogP contribution in [0.1, 0.15) is 53.3 Å². The first-order valence-corrected chi connectivity index (χ1v) is 13.5. The van der Waals surface area contributed by atoms with E-state index in [-0.39, 0.29) is 36.3 Å². The Kier molecular flexibility index (Phi) is 9.41. The summed E-state index contributed by atoms with van der Waals surface area (Å²) in [6.45, 7) is 4.47. The molecule has 4 atom stereocenters. The van der Waals surface area contributed by atoms with Crippen LogP contribution in [0.25, 0.3) is 0 Å². The Hall–Kier alpha value is -3.37. The number of amides is 2. The SMILES string of the molecule is CCNC(=O)Nc1ccc(C2OC(CSc3ccc(C(=O)O)cc3)C(C)C(c3ccc(CO)cc3)O2)cc1. The molecule has 0 spiro atoms. The van der Waals surface area contributed by atoms with Crippen molar-refractivity contribution in [1.82, 2.24) is 5.32 Å². The molecule has 9 heteroatoms. The van der Waals surface area contributed by atoms with Crippen molar-refractivity contribution in [3.8, 4) is 0 Å². The van der Waals surface area contributed by atoms with Gasteiger partial charge in [0, 0.05) is 34.4 Å². The molecule has 1 fully saturated rings. The largest absolute Gasteiger partial charge is 0.478 e. The molecule has 0 saturated carbocycles. The molecule has 3 aromatic carbocycles. The number of urea groups is 1. The quantitative estimate of drug-likeness (QED) is 0.263. The van der Waals surface area contributed by atoms with E-state index in [9.17, 15) is 14.7 Å². The maximum atomic E-state index is 11.8. The fourth-order valence-electron chi connectivity index (χ4n) is 4.24. The molecule has 2 amide bonds. The lowest BCUT2D eigenvalue weighted by molar-refractivity contribution is -0.268. The number of aliphatic hydroxyl groups excluding tert-OH is 1. The molecule has 1 saturated heterocycles. The summed E-state index contributed by atoms with van der Waals surface area (Å²) in [5.41, 5.74) is 3.57. The van der Waals surface area contributed by atoms with Crippen molar-refractivity contribution >= 4 is 29.4 Å². The van der Waals surface area contributed by atoms with Crippen LogP contribution in [0.2, 0.25) is 0 Å². The second-order valence-electron chi connectivity index (χ2n) is 9.07. The molecule has 4 unspecified atom stereocenters. The van der Waals surface area contributed by atoms with Gasteiger partial charge in [-0.15, -0.1) is 11.8 Å². The first-order chi connectivity index (χ1) is 18.4. The van der Waals surface area contributed by atoms with E-state index in [2.05, 4.69) is 17.6 Å². The number of carboxylic acid groups (broad SMARTS) is 1. The van der Waals surface area contributed by atoms with Crippen molar-refractivity contribution in [2.75, 3.05) is 17.6 Å². The molecule has 0 aliphatic carbocycles. The number of carboxylic acids is 1. The molecule has 1 heterocycles. The molecule has 8 nitrogen and oxygen atoms in total. The zero-order valence-electron chi connectivity index (χ0n) is 21.3. The van der Waals surface area contributed by atoms with Gasteiger partial charge in [-0.3, -0.25) is 0 Å². The van der Waals surface area contributed by atoms with Gasteiger partial charge in [0.05, 0.1) is 24.4 Å². The number of aliphatic hydroxyl groups is 1. The minimum atomic E-state index is -0.951. The minimum absolute atomic E-state index is 0.0238. The van der Waals surface area contributed by atoms with Crippen molar-refractivity contribution in [2.45, 2.75) is 43.8 Å². The van der Waals surface area contributed by atoms with Gasteiger partial charge in [-0.25, -0.2) is 9.59 Å². The Balaban J connectivity index is 1.53. The first-order valence-electron chi connectivity index (χ1n) is 12.5. The van der Waals surface area contributed by atoms with Crippen molar-refractivity contribution in [2.24, 2.45) is 5.92 Å². The van der Waals surface area contributed by atoms with Gasteiger partial charge in [0.15, 0.2) is 6.29 Å². The number of rotatable bonds is 9. The molecular weight excluding hydrogens is 504 g/mol. The number of ether oxygens (including phenoxy) is 2. The highest BCUT2D eigenvalue weighted by Gasteiger charge is 2.38. The van der Waals surface area contributed by atoms with Gasteiger partial charge in [-0.2, -0.15) is 0 Å². The van der Waals surface area contributed by atoms with Crippen LogP contribution in [0.5, 0.6) is 0 Å². The van der Waals surface area contributed by atoms with Gasteiger partial charge >= 0.3 is 12.0 Å². The van der Waals surface area contributed by atoms with E-state index in [0.29, 0.717) is 18.0 Å². The minimum Gasteiger partial charge on any atom is -0.478 e. The van der Waals surface area contributed by atoms with E-state index in [4.69, 9.17) is 14.6 Å². The van der Waals surface area contributed by atoms with Gasteiger partial charge in [0.25, 0.3) is 0 Å². The van der Waals surface area contributed by atoms with Crippen LogP contribution in [-0.2, 0) is 16.1 Å². The number of aromatic carboxylic acids is 1. The summed E-state index contributed by atoms with van der Waals surface area (Å²) in [7, 11) is 0. The second-order valence-corrected chi connectivity index (χ2v) is 10.2. The first kappa shape index (κ1) is 27.7. The average molecular weight is 537 g/mol.